The Labute approximate surface area is 120 Å². The number of allylic oxidation sites excluding steroid dienone is 1. The predicted octanol–water partition coefficient (Wildman–Crippen LogP) is 4.61. The van der Waals surface area contributed by atoms with E-state index >= 15 is 0 Å². The number of ether oxygens (including phenoxy) is 1. The Hall–Kier alpha value is -1.77. The van der Waals surface area contributed by atoms with Gasteiger partial charge in [-0.1, -0.05) is 41.4 Å². The van der Waals surface area contributed by atoms with Crippen LogP contribution >= 0.6 is 23.2 Å². The molecule has 0 atom stereocenters. The molecule has 0 bridgehead atoms. The van der Waals surface area contributed by atoms with E-state index in [0.717, 1.165) is 5.56 Å². The van der Waals surface area contributed by atoms with E-state index in [9.17, 15) is 4.79 Å². The standard InChI is InChI=1S/C15H8Cl2O2/c16-10-5-6-13-11(8-10)15(18)14(19-13)7-9-3-1-2-4-12(9)17/h1-8H/b14-7-. The van der Waals surface area contributed by atoms with Gasteiger partial charge < -0.3 is 4.74 Å². The number of hydrogen-bond acceptors (Lipinski definition) is 2. The molecule has 0 N–H and O–H groups in total. The van der Waals surface area contributed by atoms with Crippen LogP contribution in [0.25, 0.3) is 6.08 Å². The Bertz CT molecular complexity index is 705. The van der Waals surface area contributed by atoms with Gasteiger partial charge in [-0.2, -0.15) is 0 Å². The molecule has 1 heterocycles. The highest BCUT2D eigenvalue weighted by molar-refractivity contribution is 6.32. The Morgan fingerprint density at radius 3 is 2.63 bits per heavy atom. The Kier molecular flexibility index (Phi) is 3.05. The summed E-state index contributed by atoms with van der Waals surface area (Å²) in [6.07, 6.45) is 1.64. The molecular weight excluding hydrogens is 283 g/mol. The van der Waals surface area contributed by atoms with Crippen LogP contribution in [0.1, 0.15) is 15.9 Å². The molecule has 19 heavy (non-hydrogen) atoms. The van der Waals surface area contributed by atoms with Crippen LogP contribution in [0.4, 0.5) is 0 Å². The first-order chi connectivity index (χ1) is 9.15. The van der Waals surface area contributed by atoms with Gasteiger partial charge >= 0.3 is 0 Å². The molecule has 0 fully saturated rings. The van der Waals surface area contributed by atoms with E-state index in [-0.39, 0.29) is 11.5 Å². The monoisotopic (exact) mass is 290 g/mol. The van der Waals surface area contributed by atoms with E-state index < -0.39 is 0 Å². The maximum atomic E-state index is 12.2. The molecular formula is C15H8Cl2O2. The molecule has 94 valence electrons. The van der Waals surface area contributed by atoms with Gasteiger partial charge in [0.2, 0.25) is 5.78 Å². The maximum Gasteiger partial charge on any atom is 0.232 e. The highest BCUT2D eigenvalue weighted by Crippen LogP contribution is 2.34. The van der Waals surface area contributed by atoms with Gasteiger partial charge in [0.25, 0.3) is 0 Å². The molecule has 4 heteroatoms. The predicted molar refractivity (Wildman–Crippen MR) is 75.8 cm³/mol. The third kappa shape index (κ3) is 2.25. The summed E-state index contributed by atoms with van der Waals surface area (Å²) in [5.41, 5.74) is 1.22. The summed E-state index contributed by atoms with van der Waals surface area (Å²) >= 11 is 11.9. The summed E-state index contributed by atoms with van der Waals surface area (Å²) in [5, 5.41) is 1.08. The van der Waals surface area contributed by atoms with Crippen LogP contribution in [0, 0.1) is 0 Å². The van der Waals surface area contributed by atoms with Crippen molar-refractivity contribution in [3.8, 4) is 5.75 Å². The second-order valence-electron chi connectivity index (χ2n) is 4.10. The number of ketones is 1. The Morgan fingerprint density at radius 1 is 1.05 bits per heavy atom. The topological polar surface area (TPSA) is 26.3 Å². The van der Waals surface area contributed by atoms with Crippen molar-refractivity contribution in [1.82, 2.24) is 0 Å². The highest BCUT2D eigenvalue weighted by atomic mass is 35.5. The normalized spacial score (nSPS) is 15.5. The molecule has 2 aromatic carbocycles. The molecule has 0 unspecified atom stereocenters. The van der Waals surface area contributed by atoms with Crippen molar-refractivity contribution in [3.05, 3.63) is 69.4 Å². The van der Waals surface area contributed by atoms with Crippen molar-refractivity contribution in [3.63, 3.8) is 0 Å². The van der Waals surface area contributed by atoms with Crippen LogP contribution in [0.2, 0.25) is 10.0 Å². The second kappa shape index (κ2) is 4.72. The third-order valence-electron chi connectivity index (χ3n) is 2.82. The fourth-order valence-electron chi connectivity index (χ4n) is 1.89. The molecule has 0 saturated heterocycles. The first kappa shape index (κ1) is 12.3. The number of carbonyl (C=O) groups excluding carboxylic acids is 1. The minimum absolute atomic E-state index is 0.183. The average molecular weight is 291 g/mol. The lowest BCUT2D eigenvalue weighted by molar-refractivity contribution is 0.101. The van der Waals surface area contributed by atoms with Gasteiger partial charge in [0, 0.05) is 10.0 Å². The van der Waals surface area contributed by atoms with E-state index in [1.54, 1.807) is 30.3 Å². The van der Waals surface area contributed by atoms with Crippen LogP contribution in [0.5, 0.6) is 5.75 Å². The number of halogens is 2. The summed E-state index contributed by atoms with van der Waals surface area (Å²) in [7, 11) is 0. The fraction of sp³-hybridized carbons (Fsp3) is 0. The van der Waals surface area contributed by atoms with Crippen molar-refractivity contribution in [2.45, 2.75) is 0 Å². The zero-order chi connectivity index (χ0) is 13.4. The van der Waals surface area contributed by atoms with Crippen molar-refractivity contribution in [2.75, 3.05) is 0 Å². The largest absolute Gasteiger partial charge is 0.452 e. The summed E-state index contributed by atoms with van der Waals surface area (Å²) < 4.78 is 5.53. The third-order valence-corrected chi connectivity index (χ3v) is 3.40. The van der Waals surface area contributed by atoms with Gasteiger partial charge in [0.05, 0.1) is 5.56 Å². The number of Topliss-reactive ketones (excluding diaryl/α,β-unsaturated/α-hetero) is 1. The zero-order valence-electron chi connectivity index (χ0n) is 9.69. The minimum atomic E-state index is -0.183. The molecule has 3 rings (SSSR count). The van der Waals surface area contributed by atoms with Gasteiger partial charge in [0.1, 0.15) is 5.75 Å². The van der Waals surface area contributed by atoms with Crippen molar-refractivity contribution >= 4 is 35.1 Å². The summed E-state index contributed by atoms with van der Waals surface area (Å²) in [6, 6.07) is 12.2. The summed E-state index contributed by atoms with van der Waals surface area (Å²) in [6.45, 7) is 0. The van der Waals surface area contributed by atoms with E-state index in [0.29, 0.717) is 21.4 Å². The minimum Gasteiger partial charge on any atom is -0.452 e. The van der Waals surface area contributed by atoms with Crippen LogP contribution < -0.4 is 4.74 Å². The fourth-order valence-corrected chi connectivity index (χ4v) is 2.26. The molecule has 2 nitrogen and oxygen atoms in total. The van der Waals surface area contributed by atoms with Gasteiger partial charge in [-0.25, -0.2) is 0 Å². The number of hydrogen-bond donors (Lipinski definition) is 0. The van der Waals surface area contributed by atoms with Gasteiger partial charge in [0.15, 0.2) is 5.76 Å². The summed E-state index contributed by atoms with van der Waals surface area (Å²) in [5.74, 6) is 0.593. The van der Waals surface area contributed by atoms with Crippen LogP contribution in [0.15, 0.2) is 48.2 Å². The zero-order valence-corrected chi connectivity index (χ0v) is 11.2. The Balaban J connectivity index is 2.03. The summed E-state index contributed by atoms with van der Waals surface area (Å²) in [4.78, 5) is 12.2. The molecule has 2 aromatic rings. The molecule has 0 radical (unpaired) electrons. The van der Waals surface area contributed by atoms with Crippen molar-refractivity contribution < 1.29 is 9.53 Å². The first-order valence-electron chi connectivity index (χ1n) is 5.63. The molecule has 0 aliphatic carbocycles. The number of benzene rings is 2. The van der Waals surface area contributed by atoms with E-state index in [2.05, 4.69) is 0 Å². The van der Waals surface area contributed by atoms with Gasteiger partial charge in [-0.15, -0.1) is 0 Å². The SMILES string of the molecule is O=C1/C(=C/c2ccccc2Cl)Oc2ccc(Cl)cc21. The number of fused-ring (bicyclic) bond motifs is 1. The lowest BCUT2D eigenvalue weighted by Gasteiger charge is -2.00. The number of carbonyl (C=O) groups is 1. The molecule has 1 aliphatic heterocycles. The lowest BCUT2D eigenvalue weighted by Crippen LogP contribution is -1.98. The molecule has 1 aliphatic rings. The van der Waals surface area contributed by atoms with Crippen molar-refractivity contribution in [1.29, 1.82) is 0 Å². The average Bonchev–Trinajstić information content (AvgIpc) is 2.70. The maximum absolute atomic E-state index is 12.2. The van der Waals surface area contributed by atoms with Gasteiger partial charge in [-0.3, -0.25) is 4.79 Å². The van der Waals surface area contributed by atoms with E-state index in [1.165, 1.54) is 0 Å². The number of rotatable bonds is 1. The second-order valence-corrected chi connectivity index (χ2v) is 4.95. The quantitative estimate of drug-likeness (QED) is 0.717. The van der Waals surface area contributed by atoms with E-state index in [4.69, 9.17) is 27.9 Å². The molecule has 0 spiro atoms. The van der Waals surface area contributed by atoms with Crippen molar-refractivity contribution in [2.24, 2.45) is 0 Å². The smallest absolute Gasteiger partial charge is 0.232 e. The van der Waals surface area contributed by atoms with Crippen LogP contribution in [0.3, 0.4) is 0 Å². The highest BCUT2D eigenvalue weighted by Gasteiger charge is 2.27. The molecule has 0 saturated carbocycles. The van der Waals surface area contributed by atoms with Gasteiger partial charge in [-0.05, 0) is 35.9 Å². The Morgan fingerprint density at radius 2 is 1.84 bits per heavy atom. The lowest BCUT2D eigenvalue weighted by atomic mass is 10.1. The van der Waals surface area contributed by atoms with Crippen LogP contribution in [-0.2, 0) is 0 Å². The van der Waals surface area contributed by atoms with E-state index in [1.807, 2.05) is 18.2 Å². The molecule has 0 amide bonds. The first-order valence-corrected chi connectivity index (χ1v) is 6.39. The van der Waals surface area contributed by atoms with Crippen LogP contribution in [-0.4, -0.2) is 5.78 Å². The molecule has 0 aromatic heterocycles.